The van der Waals surface area contributed by atoms with Crippen LogP contribution in [0.3, 0.4) is 0 Å². The summed E-state index contributed by atoms with van der Waals surface area (Å²) >= 11 is 0. The first kappa shape index (κ1) is 21.6. The van der Waals surface area contributed by atoms with Gasteiger partial charge in [-0.15, -0.1) is 0 Å². The number of carboxylic acid groups (broad SMARTS) is 1. The predicted molar refractivity (Wildman–Crippen MR) is 130 cm³/mol. The van der Waals surface area contributed by atoms with Crippen LogP contribution >= 0.6 is 0 Å². The number of esters is 1. The molecule has 0 aliphatic heterocycles. The number of benzene rings is 2. The number of hydrogen-bond donors (Lipinski definition) is 2. The van der Waals surface area contributed by atoms with Crippen molar-refractivity contribution < 1.29 is 19.4 Å². The van der Waals surface area contributed by atoms with Crippen LogP contribution in [-0.2, 0) is 15.0 Å². The predicted octanol–water partition coefficient (Wildman–Crippen LogP) is 5.32. The Morgan fingerprint density at radius 3 is 2.06 bits per heavy atom. The number of rotatable bonds is 6. The van der Waals surface area contributed by atoms with Crippen molar-refractivity contribution >= 4 is 18.0 Å². The zero-order valence-electron chi connectivity index (χ0n) is 19.3. The molecule has 0 heterocycles. The molecule has 5 fully saturated rings. The fourth-order valence-electron chi connectivity index (χ4n) is 7.15. The molecule has 7 rings (SSSR count). The molecule has 0 amide bonds. The molecule has 176 valence electrons. The van der Waals surface area contributed by atoms with Gasteiger partial charge in [0.2, 0.25) is 0 Å². The van der Waals surface area contributed by atoms with E-state index in [-0.39, 0.29) is 11.4 Å². The Balaban J connectivity index is 1.37. The molecule has 5 aliphatic rings. The SMILES string of the molecule is NC1(C(=O)Oc2ccc(-c3ccc(/C=C/C(=O)O)cc3)cc2C23CC4CC(CC(C4)C2)C3)CC1. The minimum absolute atomic E-state index is 0.0792. The Kier molecular flexibility index (Phi) is 4.96. The van der Waals surface area contributed by atoms with E-state index < -0.39 is 11.5 Å². The lowest BCUT2D eigenvalue weighted by Crippen LogP contribution is -2.48. The van der Waals surface area contributed by atoms with Crippen molar-refractivity contribution in [1.82, 2.24) is 0 Å². The lowest BCUT2D eigenvalue weighted by atomic mass is 9.48. The van der Waals surface area contributed by atoms with Crippen LogP contribution in [0.5, 0.6) is 5.75 Å². The van der Waals surface area contributed by atoms with Gasteiger partial charge in [0.15, 0.2) is 0 Å². The van der Waals surface area contributed by atoms with Gasteiger partial charge in [-0.2, -0.15) is 0 Å². The van der Waals surface area contributed by atoms with E-state index in [9.17, 15) is 9.59 Å². The van der Waals surface area contributed by atoms with Crippen molar-refractivity contribution in [2.45, 2.75) is 62.3 Å². The largest absolute Gasteiger partial charge is 0.478 e. The van der Waals surface area contributed by atoms with Crippen LogP contribution in [0.1, 0.15) is 62.5 Å². The maximum atomic E-state index is 12.8. The minimum atomic E-state index is -0.958. The Morgan fingerprint density at radius 1 is 0.912 bits per heavy atom. The third-order valence-electron chi connectivity index (χ3n) is 8.65. The molecule has 2 aromatic rings. The third-order valence-corrected chi connectivity index (χ3v) is 8.65. The first-order valence-corrected chi connectivity index (χ1v) is 12.5. The van der Waals surface area contributed by atoms with Gasteiger partial charge in [0.1, 0.15) is 11.3 Å². The van der Waals surface area contributed by atoms with E-state index in [0.717, 1.165) is 40.5 Å². The summed E-state index contributed by atoms with van der Waals surface area (Å²) in [6.07, 6.45) is 11.7. The molecule has 0 saturated heterocycles. The molecule has 2 aromatic carbocycles. The van der Waals surface area contributed by atoms with Crippen LogP contribution in [0, 0.1) is 17.8 Å². The van der Waals surface area contributed by atoms with Crippen LogP contribution in [0.25, 0.3) is 17.2 Å². The minimum Gasteiger partial charge on any atom is -0.478 e. The van der Waals surface area contributed by atoms with Gasteiger partial charge in [0.25, 0.3) is 0 Å². The van der Waals surface area contributed by atoms with Gasteiger partial charge in [0.05, 0.1) is 0 Å². The number of carbonyl (C=O) groups is 2. The molecular weight excluding hydrogens is 426 g/mol. The second kappa shape index (κ2) is 7.81. The summed E-state index contributed by atoms with van der Waals surface area (Å²) in [4.78, 5) is 23.6. The van der Waals surface area contributed by atoms with Gasteiger partial charge in [-0.3, -0.25) is 0 Å². The summed E-state index contributed by atoms with van der Waals surface area (Å²) < 4.78 is 6.00. The van der Waals surface area contributed by atoms with Crippen LogP contribution in [0.2, 0.25) is 0 Å². The molecular formula is C29H31NO4. The van der Waals surface area contributed by atoms with Crippen LogP contribution in [0.15, 0.2) is 48.5 Å². The number of nitrogens with two attached hydrogens (primary N) is 1. The van der Waals surface area contributed by atoms with Crippen molar-refractivity contribution in [2.24, 2.45) is 23.5 Å². The molecule has 34 heavy (non-hydrogen) atoms. The van der Waals surface area contributed by atoms with E-state index in [1.807, 2.05) is 36.4 Å². The van der Waals surface area contributed by atoms with Crippen molar-refractivity contribution in [1.29, 1.82) is 0 Å². The zero-order chi connectivity index (χ0) is 23.5. The van der Waals surface area contributed by atoms with E-state index in [1.165, 1.54) is 44.1 Å². The Labute approximate surface area is 200 Å². The molecule has 5 aliphatic carbocycles. The maximum Gasteiger partial charge on any atom is 0.331 e. The van der Waals surface area contributed by atoms with E-state index in [0.29, 0.717) is 18.6 Å². The highest BCUT2D eigenvalue weighted by molar-refractivity contribution is 5.86. The summed E-state index contributed by atoms with van der Waals surface area (Å²) in [6, 6.07) is 14.1. The summed E-state index contributed by atoms with van der Waals surface area (Å²) in [7, 11) is 0. The topological polar surface area (TPSA) is 89.6 Å². The van der Waals surface area contributed by atoms with Crippen molar-refractivity contribution in [3.8, 4) is 16.9 Å². The van der Waals surface area contributed by atoms with Gasteiger partial charge in [-0.25, -0.2) is 9.59 Å². The van der Waals surface area contributed by atoms with Gasteiger partial charge >= 0.3 is 11.9 Å². The Hall–Kier alpha value is -2.92. The fourth-order valence-corrected chi connectivity index (χ4v) is 7.15. The smallest absolute Gasteiger partial charge is 0.331 e. The molecule has 0 atom stereocenters. The second-order valence-electron chi connectivity index (χ2n) is 11.2. The van der Waals surface area contributed by atoms with Gasteiger partial charge < -0.3 is 15.6 Å². The van der Waals surface area contributed by atoms with E-state index in [4.69, 9.17) is 15.6 Å². The number of hydrogen-bond acceptors (Lipinski definition) is 4. The summed E-state index contributed by atoms with van der Waals surface area (Å²) in [5, 5.41) is 8.87. The van der Waals surface area contributed by atoms with E-state index in [2.05, 4.69) is 6.07 Å². The van der Waals surface area contributed by atoms with Gasteiger partial charge in [-0.1, -0.05) is 30.3 Å². The molecule has 0 unspecified atom stereocenters. The number of aliphatic carboxylic acids is 1. The second-order valence-corrected chi connectivity index (χ2v) is 11.2. The van der Waals surface area contributed by atoms with Gasteiger partial charge in [0, 0.05) is 11.6 Å². The number of carbonyl (C=O) groups excluding carboxylic acids is 1. The molecule has 5 heteroatoms. The molecule has 5 saturated carbocycles. The zero-order valence-corrected chi connectivity index (χ0v) is 19.3. The molecule has 3 N–H and O–H groups in total. The lowest BCUT2D eigenvalue weighted by molar-refractivity contribution is -0.137. The standard InChI is InChI=1S/C29H31NO4/c30-29(9-10-29)27(33)34-25-7-6-23(22-4-1-18(2-5-22)3-8-26(31)32)14-24(25)28-15-19-11-20(16-28)13-21(12-19)17-28/h1-8,14,19-21H,9-13,15-17,30H2,(H,31,32)/b8-3+. The van der Waals surface area contributed by atoms with Crippen molar-refractivity contribution in [2.75, 3.05) is 0 Å². The van der Waals surface area contributed by atoms with Crippen LogP contribution in [-0.4, -0.2) is 22.6 Å². The number of carboxylic acids is 1. The third kappa shape index (κ3) is 3.86. The first-order chi connectivity index (χ1) is 16.3. The van der Waals surface area contributed by atoms with Crippen molar-refractivity contribution in [3.63, 3.8) is 0 Å². The molecule has 4 bridgehead atoms. The lowest BCUT2D eigenvalue weighted by Gasteiger charge is -2.57. The quantitative estimate of drug-likeness (QED) is 0.348. The highest BCUT2D eigenvalue weighted by atomic mass is 16.5. The highest BCUT2D eigenvalue weighted by Gasteiger charge is 2.53. The van der Waals surface area contributed by atoms with Crippen LogP contribution in [0.4, 0.5) is 0 Å². The van der Waals surface area contributed by atoms with E-state index in [1.54, 1.807) is 6.08 Å². The first-order valence-electron chi connectivity index (χ1n) is 12.5. The fraction of sp³-hybridized carbons (Fsp3) is 0.448. The van der Waals surface area contributed by atoms with Crippen molar-refractivity contribution in [3.05, 3.63) is 59.7 Å². The normalized spacial score (nSPS) is 30.4. The molecule has 0 spiro atoms. The maximum absolute atomic E-state index is 12.8. The summed E-state index contributed by atoms with van der Waals surface area (Å²) in [5.41, 5.74) is 9.60. The molecule has 5 nitrogen and oxygen atoms in total. The van der Waals surface area contributed by atoms with Gasteiger partial charge in [-0.05, 0) is 109 Å². The highest BCUT2D eigenvalue weighted by Crippen LogP contribution is 2.62. The average Bonchev–Trinajstić information content (AvgIpc) is 3.56. The Morgan fingerprint density at radius 2 is 1.50 bits per heavy atom. The number of ether oxygens (including phenoxy) is 1. The molecule has 0 radical (unpaired) electrons. The monoisotopic (exact) mass is 457 g/mol. The van der Waals surface area contributed by atoms with Crippen LogP contribution < -0.4 is 10.5 Å². The summed E-state index contributed by atoms with van der Waals surface area (Å²) in [5.74, 6) is 1.77. The Bertz CT molecular complexity index is 1140. The molecule has 0 aromatic heterocycles. The summed E-state index contributed by atoms with van der Waals surface area (Å²) in [6.45, 7) is 0. The van der Waals surface area contributed by atoms with E-state index >= 15 is 0 Å². The average molecular weight is 458 g/mol.